The SMILES string of the molecule is CCCCCCCCCCCCCCCCCCc1ccccc1C1CCCCC1. The lowest BCUT2D eigenvalue weighted by Gasteiger charge is -2.24. The average Bonchev–Trinajstić information content (AvgIpc) is 2.79. The third-order valence-electron chi connectivity index (χ3n) is 7.40. The molecule has 0 aromatic heterocycles. The molecular formula is C30H52. The predicted octanol–water partition coefficient (Wildman–Crippen LogP) is 10.5. The second-order valence-corrected chi connectivity index (χ2v) is 10.1. The molecule has 0 nitrogen and oxygen atoms in total. The summed E-state index contributed by atoms with van der Waals surface area (Å²) in [6.45, 7) is 2.30. The maximum Gasteiger partial charge on any atom is -0.0159 e. The Balaban J connectivity index is 1.40. The molecule has 0 heterocycles. The Morgan fingerprint density at radius 1 is 0.567 bits per heavy atom. The largest absolute Gasteiger partial charge is 0.0654 e. The Labute approximate surface area is 189 Å². The molecule has 1 aromatic rings. The maximum absolute atomic E-state index is 2.43. The highest BCUT2D eigenvalue weighted by molar-refractivity contribution is 5.30. The van der Waals surface area contributed by atoms with Crippen LogP contribution in [0.15, 0.2) is 24.3 Å². The molecule has 0 saturated heterocycles. The van der Waals surface area contributed by atoms with Gasteiger partial charge in [-0.25, -0.2) is 0 Å². The van der Waals surface area contributed by atoms with E-state index in [1.807, 2.05) is 0 Å². The van der Waals surface area contributed by atoms with Gasteiger partial charge < -0.3 is 0 Å². The quantitative estimate of drug-likeness (QED) is 0.210. The lowest BCUT2D eigenvalue weighted by molar-refractivity contribution is 0.441. The van der Waals surface area contributed by atoms with Crippen LogP contribution in [0.1, 0.15) is 159 Å². The summed E-state index contributed by atoms with van der Waals surface area (Å²) >= 11 is 0. The van der Waals surface area contributed by atoms with Gasteiger partial charge in [-0.05, 0) is 42.7 Å². The molecule has 1 aliphatic rings. The minimum atomic E-state index is 0.857. The number of hydrogen-bond donors (Lipinski definition) is 0. The first-order valence-corrected chi connectivity index (χ1v) is 14.0. The molecule has 0 N–H and O–H groups in total. The molecule has 0 unspecified atom stereocenters. The highest BCUT2D eigenvalue weighted by Crippen LogP contribution is 2.34. The summed E-state index contributed by atoms with van der Waals surface area (Å²) in [5, 5.41) is 0. The molecule has 0 amide bonds. The van der Waals surface area contributed by atoms with Crippen molar-refractivity contribution in [3.63, 3.8) is 0 Å². The van der Waals surface area contributed by atoms with Gasteiger partial charge in [-0.1, -0.05) is 147 Å². The summed E-state index contributed by atoms with van der Waals surface area (Å²) in [6.07, 6.45) is 31.8. The minimum absolute atomic E-state index is 0.857. The first kappa shape index (κ1) is 25.5. The van der Waals surface area contributed by atoms with Crippen LogP contribution in [0.4, 0.5) is 0 Å². The molecule has 30 heavy (non-hydrogen) atoms. The number of benzene rings is 1. The van der Waals surface area contributed by atoms with Gasteiger partial charge in [-0.2, -0.15) is 0 Å². The van der Waals surface area contributed by atoms with Crippen molar-refractivity contribution >= 4 is 0 Å². The van der Waals surface area contributed by atoms with Crippen LogP contribution in [0.2, 0.25) is 0 Å². The van der Waals surface area contributed by atoms with E-state index < -0.39 is 0 Å². The Morgan fingerprint density at radius 3 is 1.57 bits per heavy atom. The van der Waals surface area contributed by atoms with Crippen LogP contribution < -0.4 is 0 Å². The van der Waals surface area contributed by atoms with Crippen LogP contribution in [0, 0.1) is 0 Å². The standard InChI is InChI=1S/C30H52/c1-2-3-4-5-6-7-8-9-10-11-12-13-14-15-16-18-23-29-26-21-22-27-30(29)28-24-19-17-20-25-28/h21-22,26-28H,2-20,23-25H2,1H3. The van der Waals surface area contributed by atoms with E-state index in [2.05, 4.69) is 31.2 Å². The third-order valence-corrected chi connectivity index (χ3v) is 7.40. The van der Waals surface area contributed by atoms with Crippen LogP contribution in [0.3, 0.4) is 0 Å². The zero-order valence-electron chi connectivity index (χ0n) is 20.4. The lowest BCUT2D eigenvalue weighted by atomic mass is 9.81. The predicted molar refractivity (Wildman–Crippen MR) is 136 cm³/mol. The molecule has 0 heteroatoms. The van der Waals surface area contributed by atoms with Crippen LogP contribution in [0.5, 0.6) is 0 Å². The molecule has 0 aliphatic heterocycles. The van der Waals surface area contributed by atoms with Gasteiger partial charge in [-0.3, -0.25) is 0 Å². The fourth-order valence-electron chi connectivity index (χ4n) is 5.44. The van der Waals surface area contributed by atoms with Crippen molar-refractivity contribution in [2.75, 3.05) is 0 Å². The summed E-state index contributed by atoms with van der Waals surface area (Å²) in [7, 11) is 0. The van der Waals surface area contributed by atoms with Gasteiger partial charge in [0, 0.05) is 0 Å². The minimum Gasteiger partial charge on any atom is -0.0654 e. The van der Waals surface area contributed by atoms with Crippen molar-refractivity contribution in [2.24, 2.45) is 0 Å². The van der Waals surface area contributed by atoms with Crippen LogP contribution in [-0.4, -0.2) is 0 Å². The fraction of sp³-hybridized carbons (Fsp3) is 0.800. The summed E-state index contributed by atoms with van der Waals surface area (Å²) in [5.74, 6) is 0.857. The van der Waals surface area contributed by atoms with E-state index in [1.54, 1.807) is 11.1 Å². The zero-order valence-corrected chi connectivity index (χ0v) is 20.4. The molecule has 0 radical (unpaired) electrons. The van der Waals surface area contributed by atoms with Gasteiger partial charge in [0.25, 0.3) is 0 Å². The lowest BCUT2D eigenvalue weighted by Crippen LogP contribution is -2.07. The molecule has 0 bridgehead atoms. The summed E-state index contributed by atoms with van der Waals surface area (Å²) in [4.78, 5) is 0. The van der Waals surface area contributed by atoms with Gasteiger partial charge >= 0.3 is 0 Å². The smallest absolute Gasteiger partial charge is 0.0159 e. The summed E-state index contributed by atoms with van der Waals surface area (Å²) in [5.41, 5.74) is 3.35. The Kier molecular flexibility index (Phi) is 15.2. The van der Waals surface area contributed by atoms with Crippen LogP contribution in [0.25, 0.3) is 0 Å². The van der Waals surface area contributed by atoms with E-state index in [0.29, 0.717) is 0 Å². The van der Waals surface area contributed by atoms with Crippen molar-refractivity contribution in [1.29, 1.82) is 0 Å². The van der Waals surface area contributed by atoms with E-state index in [-0.39, 0.29) is 0 Å². The average molecular weight is 413 g/mol. The van der Waals surface area contributed by atoms with Crippen molar-refractivity contribution in [2.45, 2.75) is 154 Å². The molecule has 0 atom stereocenters. The molecule has 0 spiro atoms. The molecule has 1 aromatic carbocycles. The van der Waals surface area contributed by atoms with Gasteiger partial charge in [0.2, 0.25) is 0 Å². The van der Waals surface area contributed by atoms with Gasteiger partial charge in [0.15, 0.2) is 0 Å². The summed E-state index contributed by atoms with van der Waals surface area (Å²) < 4.78 is 0. The highest BCUT2D eigenvalue weighted by atomic mass is 14.2. The van der Waals surface area contributed by atoms with E-state index in [9.17, 15) is 0 Å². The van der Waals surface area contributed by atoms with Gasteiger partial charge in [0.05, 0.1) is 0 Å². The van der Waals surface area contributed by atoms with Crippen LogP contribution >= 0.6 is 0 Å². The molecular weight excluding hydrogens is 360 g/mol. The van der Waals surface area contributed by atoms with Crippen molar-refractivity contribution in [3.05, 3.63) is 35.4 Å². The second-order valence-electron chi connectivity index (χ2n) is 10.1. The van der Waals surface area contributed by atoms with E-state index in [4.69, 9.17) is 0 Å². The number of hydrogen-bond acceptors (Lipinski definition) is 0. The topological polar surface area (TPSA) is 0 Å². The van der Waals surface area contributed by atoms with E-state index in [1.165, 1.54) is 141 Å². The third kappa shape index (κ3) is 11.6. The number of unbranched alkanes of at least 4 members (excludes halogenated alkanes) is 15. The van der Waals surface area contributed by atoms with Crippen molar-refractivity contribution < 1.29 is 0 Å². The number of rotatable bonds is 18. The Bertz CT molecular complexity index is 497. The monoisotopic (exact) mass is 412 g/mol. The van der Waals surface area contributed by atoms with Crippen molar-refractivity contribution in [1.82, 2.24) is 0 Å². The van der Waals surface area contributed by atoms with Gasteiger partial charge in [0.1, 0.15) is 0 Å². The zero-order chi connectivity index (χ0) is 21.1. The molecule has 2 rings (SSSR count). The Morgan fingerprint density at radius 2 is 1.03 bits per heavy atom. The summed E-state index contributed by atoms with van der Waals surface area (Å²) in [6, 6.07) is 9.36. The first-order chi connectivity index (χ1) is 14.9. The number of aryl methyl sites for hydroxylation is 1. The van der Waals surface area contributed by atoms with E-state index >= 15 is 0 Å². The second kappa shape index (κ2) is 17.9. The molecule has 1 aliphatic carbocycles. The van der Waals surface area contributed by atoms with Gasteiger partial charge in [-0.15, -0.1) is 0 Å². The molecule has 1 saturated carbocycles. The molecule has 172 valence electrons. The van der Waals surface area contributed by atoms with E-state index in [0.717, 1.165) is 5.92 Å². The van der Waals surface area contributed by atoms with Crippen molar-refractivity contribution in [3.8, 4) is 0 Å². The Hall–Kier alpha value is -0.780. The maximum atomic E-state index is 2.43. The normalized spacial score (nSPS) is 15.0. The molecule has 1 fully saturated rings. The van der Waals surface area contributed by atoms with Crippen LogP contribution in [-0.2, 0) is 6.42 Å². The fourth-order valence-corrected chi connectivity index (χ4v) is 5.44. The highest BCUT2D eigenvalue weighted by Gasteiger charge is 2.17. The first-order valence-electron chi connectivity index (χ1n) is 14.0.